The van der Waals surface area contributed by atoms with Crippen molar-refractivity contribution in [3.05, 3.63) is 0 Å². The van der Waals surface area contributed by atoms with Crippen LogP contribution in [-0.2, 0) is 28.6 Å². The molecule has 2 atom stereocenters. The van der Waals surface area contributed by atoms with E-state index in [2.05, 4.69) is 51.3 Å². The molecule has 0 aromatic carbocycles. The molecule has 0 aliphatic rings. The Bertz CT molecular complexity index is 1070. The molecule has 0 radical (unpaired) electrons. The van der Waals surface area contributed by atoms with Crippen molar-refractivity contribution in [1.29, 1.82) is 0 Å². The van der Waals surface area contributed by atoms with Crippen molar-refractivity contribution in [2.45, 2.75) is 324 Å². The average molecular weight is 1020 g/mol. The van der Waals surface area contributed by atoms with E-state index in [0.717, 1.165) is 148 Å². The van der Waals surface area contributed by atoms with Crippen molar-refractivity contribution in [3.63, 3.8) is 0 Å². The fraction of sp³-hybridized carbons (Fsp3) is 0.953. The molecule has 0 N–H and O–H groups in total. The molecule has 0 saturated heterocycles. The lowest BCUT2D eigenvalue weighted by Gasteiger charge is -2.22. The first-order valence-electron chi connectivity index (χ1n) is 32.3. The van der Waals surface area contributed by atoms with Crippen molar-refractivity contribution < 1.29 is 28.6 Å². The summed E-state index contributed by atoms with van der Waals surface area (Å²) in [4.78, 5) is 43.7. The van der Waals surface area contributed by atoms with Crippen molar-refractivity contribution in [1.82, 2.24) is 9.80 Å². The van der Waals surface area contributed by atoms with Crippen LogP contribution in [0, 0.1) is 11.8 Å². The topological polar surface area (TPSA) is 85.4 Å². The molecule has 0 bridgehead atoms. The average Bonchev–Trinajstić information content (AvgIpc) is 3.38. The summed E-state index contributed by atoms with van der Waals surface area (Å²) < 4.78 is 17.4. The summed E-state index contributed by atoms with van der Waals surface area (Å²) in [7, 11) is 0. The molecule has 0 spiro atoms. The molecular weight excluding hydrogens is 893 g/mol. The lowest BCUT2D eigenvalue weighted by Crippen LogP contribution is -2.27. The third-order valence-corrected chi connectivity index (χ3v) is 15.4. The Morgan fingerprint density at radius 2 is 0.556 bits per heavy atom. The van der Waals surface area contributed by atoms with Crippen LogP contribution < -0.4 is 0 Å². The summed E-state index contributed by atoms with van der Waals surface area (Å²) >= 11 is 0. The summed E-state index contributed by atoms with van der Waals surface area (Å²) in [6, 6.07) is 0. The van der Waals surface area contributed by atoms with Crippen LogP contribution in [0.2, 0.25) is 0 Å². The molecule has 2 unspecified atom stereocenters. The summed E-state index contributed by atoms with van der Waals surface area (Å²) in [5, 5.41) is 0. The normalized spacial score (nSPS) is 12.5. The molecule has 0 aliphatic heterocycles. The number of carbonyl (C=O) groups excluding carboxylic acids is 3. The van der Waals surface area contributed by atoms with Gasteiger partial charge in [-0.2, -0.15) is 0 Å². The molecule has 8 heteroatoms. The van der Waals surface area contributed by atoms with Crippen LogP contribution in [0.4, 0.5) is 0 Å². The molecule has 0 amide bonds. The van der Waals surface area contributed by atoms with Gasteiger partial charge in [-0.3, -0.25) is 14.4 Å². The highest BCUT2D eigenvalue weighted by molar-refractivity contribution is 5.72. The van der Waals surface area contributed by atoms with Crippen LogP contribution in [0.15, 0.2) is 0 Å². The van der Waals surface area contributed by atoms with Gasteiger partial charge in [0.15, 0.2) is 0 Å². The van der Waals surface area contributed by atoms with Gasteiger partial charge in [-0.1, -0.05) is 234 Å². The van der Waals surface area contributed by atoms with Gasteiger partial charge in [-0.05, 0) is 123 Å². The van der Waals surface area contributed by atoms with E-state index < -0.39 is 0 Å². The maximum atomic E-state index is 13.1. The second kappa shape index (κ2) is 57.0. The molecule has 428 valence electrons. The number of rotatable bonds is 59. The number of ether oxygens (including phenoxy) is 3. The summed E-state index contributed by atoms with van der Waals surface area (Å²) in [6.45, 7) is 22.0. The SMILES string of the molecule is CCCCCCCCC(CCCCCC)C(=O)OCCCCCCCCN(CCCCCCCCOC(=O)C(CCCCCC)CCCCCCCC)CCCCCOC(=O)CCCCCCN(CC)CC. The minimum atomic E-state index is -0.0244. The highest BCUT2D eigenvalue weighted by atomic mass is 16.5. The van der Waals surface area contributed by atoms with Gasteiger partial charge in [0.2, 0.25) is 0 Å². The van der Waals surface area contributed by atoms with Crippen LogP contribution in [0.5, 0.6) is 0 Å². The van der Waals surface area contributed by atoms with E-state index >= 15 is 0 Å². The van der Waals surface area contributed by atoms with E-state index in [9.17, 15) is 14.4 Å². The first kappa shape index (κ1) is 70.3. The standard InChI is InChI=1S/C64H126N2O6/c1-7-13-17-21-27-38-50-60(48-36-19-15-9-3)63(68)71-58-45-33-25-23-30-42-54-66(56-44-35-47-57-70-62(67)52-40-29-32-41-53-65(11-5)12-6)55-43-31-24-26-34-46-59-72-64(69)61(49-37-20-16-10-4)51-39-28-22-18-14-8-2/h60-61H,7-59H2,1-6H3. The fourth-order valence-corrected chi connectivity index (χ4v) is 10.3. The number of hydrogen-bond acceptors (Lipinski definition) is 8. The Hall–Kier alpha value is -1.67. The summed E-state index contributed by atoms with van der Waals surface area (Å²) in [5.41, 5.74) is 0. The first-order valence-corrected chi connectivity index (χ1v) is 32.3. The van der Waals surface area contributed by atoms with Crippen molar-refractivity contribution in [2.75, 3.05) is 59.1 Å². The molecule has 0 aliphatic carbocycles. The van der Waals surface area contributed by atoms with E-state index in [-0.39, 0.29) is 29.7 Å². The third-order valence-electron chi connectivity index (χ3n) is 15.4. The van der Waals surface area contributed by atoms with Gasteiger partial charge in [0, 0.05) is 6.42 Å². The summed E-state index contributed by atoms with van der Waals surface area (Å²) in [6.07, 6.45) is 51.3. The molecule has 0 aromatic heterocycles. The Morgan fingerprint density at radius 3 is 0.917 bits per heavy atom. The van der Waals surface area contributed by atoms with Gasteiger partial charge in [0.25, 0.3) is 0 Å². The second-order valence-electron chi connectivity index (χ2n) is 22.1. The molecule has 0 aromatic rings. The zero-order chi connectivity index (χ0) is 52.6. The van der Waals surface area contributed by atoms with E-state index in [1.54, 1.807) is 0 Å². The van der Waals surface area contributed by atoms with Gasteiger partial charge in [0.05, 0.1) is 31.7 Å². The number of nitrogens with zero attached hydrogens (tertiary/aromatic N) is 2. The minimum Gasteiger partial charge on any atom is -0.466 e. The highest BCUT2D eigenvalue weighted by Gasteiger charge is 2.20. The Kier molecular flexibility index (Phi) is 55.7. The molecule has 8 nitrogen and oxygen atoms in total. The molecular formula is C64H126N2O6. The van der Waals surface area contributed by atoms with Crippen LogP contribution in [0.25, 0.3) is 0 Å². The predicted octanol–water partition coefficient (Wildman–Crippen LogP) is 18.7. The van der Waals surface area contributed by atoms with E-state index in [0.29, 0.717) is 26.2 Å². The Balaban J connectivity index is 4.68. The quantitative estimate of drug-likeness (QED) is 0.0338. The smallest absolute Gasteiger partial charge is 0.308 e. The highest BCUT2D eigenvalue weighted by Crippen LogP contribution is 2.23. The Morgan fingerprint density at radius 1 is 0.292 bits per heavy atom. The zero-order valence-corrected chi connectivity index (χ0v) is 49.5. The van der Waals surface area contributed by atoms with Gasteiger partial charge in [0.1, 0.15) is 0 Å². The number of esters is 3. The number of carbonyl (C=O) groups is 3. The lowest BCUT2D eigenvalue weighted by molar-refractivity contribution is -0.150. The largest absolute Gasteiger partial charge is 0.466 e. The fourth-order valence-electron chi connectivity index (χ4n) is 10.3. The lowest BCUT2D eigenvalue weighted by atomic mass is 9.94. The number of hydrogen-bond donors (Lipinski definition) is 0. The van der Waals surface area contributed by atoms with Crippen LogP contribution in [-0.4, -0.2) is 86.8 Å². The molecule has 72 heavy (non-hydrogen) atoms. The van der Waals surface area contributed by atoms with E-state index in [1.807, 2.05) is 0 Å². The van der Waals surface area contributed by atoms with Crippen LogP contribution in [0.1, 0.15) is 324 Å². The van der Waals surface area contributed by atoms with E-state index in [4.69, 9.17) is 14.2 Å². The number of unbranched alkanes of at least 4 members (excludes halogenated alkanes) is 31. The van der Waals surface area contributed by atoms with Crippen LogP contribution in [0.3, 0.4) is 0 Å². The molecule has 0 fully saturated rings. The first-order chi connectivity index (χ1) is 35.4. The maximum Gasteiger partial charge on any atom is 0.308 e. The molecule has 0 saturated carbocycles. The van der Waals surface area contributed by atoms with Gasteiger partial charge >= 0.3 is 17.9 Å². The van der Waals surface area contributed by atoms with Crippen molar-refractivity contribution in [2.24, 2.45) is 11.8 Å². The Labute approximate surface area is 449 Å². The molecule has 0 rings (SSSR count). The monoisotopic (exact) mass is 1020 g/mol. The minimum absolute atomic E-state index is 0.0244. The van der Waals surface area contributed by atoms with Gasteiger partial charge in [-0.15, -0.1) is 0 Å². The van der Waals surface area contributed by atoms with E-state index in [1.165, 1.54) is 167 Å². The maximum absolute atomic E-state index is 13.1. The van der Waals surface area contributed by atoms with Crippen LogP contribution >= 0.6 is 0 Å². The second-order valence-corrected chi connectivity index (χ2v) is 22.1. The summed E-state index contributed by atoms with van der Waals surface area (Å²) in [5.74, 6) is 0.297. The van der Waals surface area contributed by atoms with Crippen molar-refractivity contribution >= 4 is 17.9 Å². The third kappa shape index (κ3) is 48.0. The zero-order valence-electron chi connectivity index (χ0n) is 49.5. The predicted molar refractivity (Wildman–Crippen MR) is 310 cm³/mol. The van der Waals surface area contributed by atoms with Gasteiger partial charge in [-0.25, -0.2) is 0 Å². The van der Waals surface area contributed by atoms with Crippen molar-refractivity contribution in [3.8, 4) is 0 Å². The van der Waals surface area contributed by atoms with Gasteiger partial charge < -0.3 is 24.0 Å². The molecule has 0 heterocycles.